The van der Waals surface area contributed by atoms with Crippen LogP contribution in [0.5, 0.6) is 5.75 Å². The van der Waals surface area contributed by atoms with Gasteiger partial charge in [-0.25, -0.2) is 0 Å². The number of carbonyl (C=O) groups excluding carboxylic acids is 2. The van der Waals surface area contributed by atoms with E-state index >= 15 is 0 Å². The van der Waals surface area contributed by atoms with E-state index in [-0.39, 0.29) is 11.8 Å². The van der Waals surface area contributed by atoms with Crippen molar-refractivity contribution >= 4 is 17.3 Å². The van der Waals surface area contributed by atoms with Crippen molar-refractivity contribution in [2.24, 2.45) is 11.3 Å². The minimum absolute atomic E-state index is 0.178. The molecule has 0 fully saturated rings. The molecule has 0 bridgehead atoms. The molecule has 0 saturated carbocycles. The number of carbonyl (C=O) groups is 2. The van der Waals surface area contributed by atoms with Gasteiger partial charge in [-0.05, 0) is 49.1 Å². The second kappa shape index (κ2) is 6.27. The number of esters is 1. The van der Waals surface area contributed by atoms with Gasteiger partial charge in [0.1, 0.15) is 17.5 Å². The Kier molecular flexibility index (Phi) is 4.31. The number of hydrogen-bond acceptors (Lipinski definition) is 4. The van der Waals surface area contributed by atoms with Crippen molar-refractivity contribution in [1.29, 1.82) is 0 Å². The van der Waals surface area contributed by atoms with Gasteiger partial charge < -0.3 is 9.47 Å². The molecule has 4 heteroatoms. The third-order valence-electron chi connectivity index (χ3n) is 5.06. The second-order valence-corrected chi connectivity index (χ2v) is 6.40. The first-order chi connectivity index (χ1) is 11.5. The van der Waals surface area contributed by atoms with E-state index in [1.807, 2.05) is 43.3 Å². The van der Waals surface area contributed by atoms with Crippen LogP contribution in [-0.4, -0.2) is 25.5 Å². The Morgan fingerprint density at radius 2 is 1.96 bits per heavy atom. The zero-order valence-corrected chi connectivity index (χ0v) is 14.3. The molecule has 0 heterocycles. The Balaban J connectivity index is 2.05. The maximum atomic E-state index is 12.7. The first kappa shape index (κ1) is 16.5. The van der Waals surface area contributed by atoms with Crippen molar-refractivity contribution in [2.45, 2.75) is 26.7 Å². The first-order valence-corrected chi connectivity index (χ1v) is 8.26. The summed E-state index contributed by atoms with van der Waals surface area (Å²) in [6.07, 6.45) is 4.95. The summed E-state index contributed by atoms with van der Waals surface area (Å²) in [4.78, 5) is 25.0. The predicted molar refractivity (Wildman–Crippen MR) is 91.5 cm³/mol. The van der Waals surface area contributed by atoms with E-state index < -0.39 is 11.3 Å². The number of methoxy groups -OCH3 is 1. The lowest BCUT2D eigenvalue weighted by Crippen LogP contribution is -2.35. The molecule has 0 N–H and O–H groups in total. The van der Waals surface area contributed by atoms with E-state index in [2.05, 4.69) is 0 Å². The van der Waals surface area contributed by atoms with Crippen LogP contribution in [0, 0.1) is 11.3 Å². The highest BCUT2D eigenvalue weighted by Gasteiger charge is 2.49. The maximum Gasteiger partial charge on any atom is 0.317 e. The van der Waals surface area contributed by atoms with Crippen LogP contribution in [0.2, 0.25) is 0 Å². The number of Topliss-reactive ketones (excluding diaryl/α,β-unsaturated/α-hetero) is 1. The van der Waals surface area contributed by atoms with E-state index in [9.17, 15) is 9.59 Å². The molecule has 0 aromatic heterocycles. The normalized spacial score (nSPS) is 25.6. The van der Waals surface area contributed by atoms with E-state index in [0.29, 0.717) is 19.4 Å². The molecule has 2 unspecified atom stereocenters. The molecule has 1 aromatic rings. The molecule has 1 aromatic carbocycles. The summed E-state index contributed by atoms with van der Waals surface area (Å²) in [6.45, 7) is 4.05. The van der Waals surface area contributed by atoms with Gasteiger partial charge in [0.25, 0.3) is 0 Å². The summed E-state index contributed by atoms with van der Waals surface area (Å²) in [5.74, 6) is 0.148. The van der Waals surface area contributed by atoms with Gasteiger partial charge in [0, 0.05) is 6.42 Å². The van der Waals surface area contributed by atoms with Gasteiger partial charge >= 0.3 is 5.97 Å². The third kappa shape index (κ3) is 2.56. The average molecular weight is 326 g/mol. The molecule has 2 atom stereocenters. The molecule has 0 amide bonds. The van der Waals surface area contributed by atoms with E-state index in [0.717, 1.165) is 22.5 Å². The number of hydrogen-bond donors (Lipinski definition) is 0. The lowest BCUT2D eigenvalue weighted by molar-refractivity contribution is -0.145. The van der Waals surface area contributed by atoms with E-state index in [4.69, 9.17) is 9.47 Å². The van der Waals surface area contributed by atoms with Gasteiger partial charge in [0.15, 0.2) is 0 Å². The Labute approximate surface area is 142 Å². The van der Waals surface area contributed by atoms with Crippen LogP contribution in [0.3, 0.4) is 0 Å². The summed E-state index contributed by atoms with van der Waals surface area (Å²) >= 11 is 0. The van der Waals surface area contributed by atoms with Crippen molar-refractivity contribution in [3.05, 3.63) is 47.6 Å². The van der Waals surface area contributed by atoms with Crippen LogP contribution in [0.4, 0.5) is 0 Å². The van der Waals surface area contributed by atoms with Crippen molar-refractivity contribution in [3.8, 4) is 5.75 Å². The van der Waals surface area contributed by atoms with Crippen LogP contribution in [0.15, 0.2) is 42.0 Å². The molecular formula is C20H22O4. The fourth-order valence-corrected chi connectivity index (χ4v) is 3.63. The van der Waals surface area contributed by atoms with Gasteiger partial charge in [0.05, 0.1) is 19.1 Å². The van der Waals surface area contributed by atoms with Gasteiger partial charge in [0.2, 0.25) is 0 Å². The van der Waals surface area contributed by atoms with Gasteiger partial charge in [-0.15, -0.1) is 0 Å². The van der Waals surface area contributed by atoms with Crippen molar-refractivity contribution in [3.63, 3.8) is 0 Å². The van der Waals surface area contributed by atoms with E-state index in [1.165, 1.54) is 0 Å². The van der Waals surface area contributed by atoms with Crippen molar-refractivity contribution < 1.29 is 19.1 Å². The largest absolute Gasteiger partial charge is 0.497 e. The number of benzene rings is 1. The molecule has 0 aliphatic heterocycles. The third-order valence-corrected chi connectivity index (χ3v) is 5.06. The number of ether oxygens (including phenoxy) is 2. The standard InChI is InChI=1S/C20H22O4/c1-4-24-19(22)18-15(13-5-7-14(23-3)8-6-13)11-12-20(2)16(18)9-10-17(20)21/h5-9,11,18H,4,10,12H2,1-3H3. The summed E-state index contributed by atoms with van der Waals surface area (Å²) in [7, 11) is 1.62. The minimum atomic E-state index is -0.576. The number of allylic oxidation sites excluding steroid dienone is 2. The summed E-state index contributed by atoms with van der Waals surface area (Å²) in [5, 5.41) is 0. The lowest BCUT2D eigenvalue weighted by atomic mass is 9.66. The highest BCUT2D eigenvalue weighted by Crippen LogP contribution is 2.51. The SMILES string of the molecule is CCOC(=O)C1C(c2ccc(OC)cc2)=CCC2(C)C(=O)CC=C12. The Morgan fingerprint density at radius 3 is 2.58 bits per heavy atom. The average Bonchev–Trinajstić information content (AvgIpc) is 2.89. The number of rotatable bonds is 4. The molecule has 3 rings (SSSR count). The molecular weight excluding hydrogens is 304 g/mol. The Bertz CT molecular complexity index is 727. The molecule has 4 nitrogen and oxygen atoms in total. The van der Waals surface area contributed by atoms with Crippen LogP contribution in [0.25, 0.3) is 5.57 Å². The topological polar surface area (TPSA) is 52.6 Å². The smallest absolute Gasteiger partial charge is 0.317 e. The first-order valence-electron chi connectivity index (χ1n) is 8.26. The highest BCUT2D eigenvalue weighted by atomic mass is 16.5. The summed E-state index contributed by atoms with van der Waals surface area (Å²) < 4.78 is 10.5. The molecule has 126 valence electrons. The molecule has 2 aliphatic carbocycles. The Hall–Kier alpha value is -2.36. The molecule has 2 aliphatic rings. The lowest BCUT2D eigenvalue weighted by Gasteiger charge is -2.36. The van der Waals surface area contributed by atoms with Gasteiger partial charge in [-0.2, -0.15) is 0 Å². The van der Waals surface area contributed by atoms with Gasteiger partial charge in [-0.3, -0.25) is 9.59 Å². The fraction of sp³-hybridized carbons (Fsp3) is 0.400. The van der Waals surface area contributed by atoms with Crippen LogP contribution >= 0.6 is 0 Å². The van der Waals surface area contributed by atoms with Crippen LogP contribution < -0.4 is 4.74 Å². The zero-order valence-electron chi connectivity index (χ0n) is 14.3. The molecule has 0 radical (unpaired) electrons. The summed E-state index contributed by atoms with van der Waals surface area (Å²) in [6, 6.07) is 7.63. The number of ketones is 1. The van der Waals surface area contributed by atoms with Crippen LogP contribution in [0.1, 0.15) is 32.3 Å². The molecule has 0 saturated heterocycles. The zero-order chi connectivity index (χ0) is 17.3. The van der Waals surface area contributed by atoms with Gasteiger partial charge in [-0.1, -0.05) is 24.3 Å². The monoisotopic (exact) mass is 326 g/mol. The van der Waals surface area contributed by atoms with Crippen molar-refractivity contribution in [1.82, 2.24) is 0 Å². The fourth-order valence-electron chi connectivity index (χ4n) is 3.63. The molecule has 0 spiro atoms. The quantitative estimate of drug-likeness (QED) is 0.627. The highest BCUT2D eigenvalue weighted by molar-refractivity contribution is 6.01. The Morgan fingerprint density at radius 1 is 1.25 bits per heavy atom. The number of fused-ring (bicyclic) bond motifs is 1. The summed E-state index contributed by atoms with van der Waals surface area (Å²) in [5.41, 5.74) is 2.18. The minimum Gasteiger partial charge on any atom is -0.497 e. The maximum absolute atomic E-state index is 12.7. The predicted octanol–water partition coefficient (Wildman–Crippen LogP) is 3.57. The van der Waals surface area contributed by atoms with Crippen molar-refractivity contribution in [2.75, 3.05) is 13.7 Å². The van der Waals surface area contributed by atoms with Crippen LogP contribution in [-0.2, 0) is 14.3 Å². The van der Waals surface area contributed by atoms with E-state index in [1.54, 1.807) is 14.0 Å². The molecule has 24 heavy (non-hydrogen) atoms. The second-order valence-electron chi connectivity index (χ2n) is 6.40.